The second kappa shape index (κ2) is 5.56. The summed E-state index contributed by atoms with van der Waals surface area (Å²) in [4.78, 5) is 14.6. The zero-order valence-electron chi connectivity index (χ0n) is 12.4. The van der Waals surface area contributed by atoms with Gasteiger partial charge in [-0.05, 0) is 37.5 Å². The number of carbonyl (C=O) groups is 1. The van der Waals surface area contributed by atoms with Gasteiger partial charge >= 0.3 is 0 Å². The molecule has 0 bridgehead atoms. The smallest absolute Gasteiger partial charge is 0.231 e. The Hall–Kier alpha value is -1.75. The predicted molar refractivity (Wildman–Crippen MR) is 79.0 cm³/mol. The van der Waals surface area contributed by atoms with Gasteiger partial charge in [0.15, 0.2) is 11.5 Å². The molecule has 0 spiro atoms. The van der Waals surface area contributed by atoms with Crippen LogP contribution in [0.1, 0.15) is 31.7 Å². The summed E-state index contributed by atoms with van der Waals surface area (Å²) in [7, 11) is 0. The molecule has 21 heavy (non-hydrogen) atoms. The molecule has 114 valence electrons. The van der Waals surface area contributed by atoms with Crippen molar-refractivity contribution in [1.82, 2.24) is 4.90 Å². The molecule has 2 aliphatic rings. The molecule has 0 aromatic heterocycles. The summed E-state index contributed by atoms with van der Waals surface area (Å²) >= 11 is 0. The maximum absolute atomic E-state index is 12.7. The molecule has 2 N–H and O–H groups in total. The first-order chi connectivity index (χ1) is 10.2. The van der Waals surface area contributed by atoms with E-state index < -0.39 is 0 Å². The first kappa shape index (κ1) is 14.2. The molecule has 1 fully saturated rings. The second-order valence-corrected chi connectivity index (χ2v) is 5.84. The Morgan fingerprint density at radius 3 is 2.71 bits per heavy atom. The summed E-state index contributed by atoms with van der Waals surface area (Å²) < 4.78 is 10.7. The summed E-state index contributed by atoms with van der Waals surface area (Å²) in [6.45, 7) is 4.01. The van der Waals surface area contributed by atoms with Crippen LogP contribution in [0.3, 0.4) is 0 Å². The van der Waals surface area contributed by atoms with Crippen LogP contribution in [-0.2, 0) is 11.3 Å². The van der Waals surface area contributed by atoms with E-state index in [9.17, 15) is 4.79 Å². The number of hydrogen-bond acceptors (Lipinski definition) is 4. The van der Waals surface area contributed by atoms with E-state index in [1.165, 1.54) is 0 Å². The molecule has 5 nitrogen and oxygen atoms in total. The highest BCUT2D eigenvalue weighted by Crippen LogP contribution is 2.42. The van der Waals surface area contributed by atoms with E-state index in [0.29, 0.717) is 19.6 Å². The topological polar surface area (TPSA) is 64.8 Å². The molecular weight excluding hydrogens is 268 g/mol. The Balaban J connectivity index is 1.74. The van der Waals surface area contributed by atoms with E-state index in [-0.39, 0.29) is 18.1 Å². The predicted octanol–water partition coefficient (Wildman–Crippen LogP) is 1.89. The van der Waals surface area contributed by atoms with Gasteiger partial charge in [-0.1, -0.05) is 12.5 Å². The Morgan fingerprint density at radius 1 is 1.33 bits per heavy atom. The summed E-state index contributed by atoms with van der Waals surface area (Å²) in [5.41, 5.74) is 6.59. The Morgan fingerprint density at radius 2 is 2.10 bits per heavy atom. The Kier molecular flexibility index (Phi) is 3.76. The number of benzene rings is 1. The molecular formula is C16H22N2O3. The van der Waals surface area contributed by atoms with Gasteiger partial charge in [-0.3, -0.25) is 4.79 Å². The number of fused-ring (bicyclic) bond motifs is 1. The highest BCUT2D eigenvalue weighted by atomic mass is 16.7. The fraction of sp³-hybridized carbons (Fsp3) is 0.562. The summed E-state index contributed by atoms with van der Waals surface area (Å²) in [5.74, 6) is 1.72. The summed E-state index contributed by atoms with van der Waals surface area (Å²) in [6, 6.07) is 5.84. The van der Waals surface area contributed by atoms with Crippen molar-refractivity contribution in [2.75, 3.05) is 19.9 Å². The van der Waals surface area contributed by atoms with Crippen LogP contribution in [0.4, 0.5) is 0 Å². The zero-order chi connectivity index (χ0) is 14.9. The number of nitrogens with zero attached hydrogens (tertiary/aromatic N) is 1. The SMILES string of the molecule is CCN(Cc1ccc2c(c1)OCO2)C(=O)C1(CN)CCC1. The largest absolute Gasteiger partial charge is 0.454 e. The lowest BCUT2D eigenvalue weighted by Gasteiger charge is -2.42. The maximum Gasteiger partial charge on any atom is 0.231 e. The standard InChI is InChI=1S/C16H22N2O3/c1-2-18(15(19)16(10-17)6-3-7-16)9-12-4-5-13-14(8-12)21-11-20-13/h4-5,8H,2-3,6-7,9-11,17H2,1H3. The molecule has 0 unspecified atom stereocenters. The number of nitrogens with two attached hydrogens (primary N) is 1. The number of ether oxygens (including phenoxy) is 2. The van der Waals surface area contributed by atoms with Gasteiger partial charge in [0.1, 0.15) is 0 Å². The molecule has 0 saturated heterocycles. The van der Waals surface area contributed by atoms with Gasteiger partial charge in [0.2, 0.25) is 12.7 Å². The lowest BCUT2D eigenvalue weighted by Crippen LogP contribution is -2.51. The summed E-state index contributed by atoms with van der Waals surface area (Å²) in [6.07, 6.45) is 2.93. The second-order valence-electron chi connectivity index (χ2n) is 5.84. The minimum Gasteiger partial charge on any atom is -0.454 e. The van der Waals surface area contributed by atoms with Crippen LogP contribution >= 0.6 is 0 Å². The molecule has 1 saturated carbocycles. The van der Waals surface area contributed by atoms with Crippen molar-refractivity contribution >= 4 is 5.91 Å². The average Bonchev–Trinajstić information content (AvgIpc) is 2.91. The lowest BCUT2D eigenvalue weighted by atomic mass is 9.68. The van der Waals surface area contributed by atoms with Crippen molar-refractivity contribution in [3.63, 3.8) is 0 Å². The molecule has 1 amide bonds. The Labute approximate surface area is 125 Å². The van der Waals surface area contributed by atoms with Crippen LogP contribution < -0.4 is 15.2 Å². The van der Waals surface area contributed by atoms with Crippen LogP contribution in [0, 0.1) is 5.41 Å². The third kappa shape index (κ3) is 2.46. The van der Waals surface area contributed by atoms with Crippen molar-refractivity contribution in [3.8, 4) is 11.5 Å². The third-order valence-corrected chi connectivity index (χ3v) is 4.63. The molecule has 5 heteroatoms. The highest BCUT2D eigenvalue weighted by molar-refractivity contribution is 5.84. The molecule has 3 rings (SSSR count). The van der Waals surface area contributed by atoms with Gasteiger partial charge in [0.05, 0.1) is 5.41 Å². The van der Waals surface area contributed by atoms with Crippen LogP contribution in [-0.4, -0.2) is 30.7 Å². The van der Waals surface area contributed by atoms with Gasteiger partial charge in [-0.2, -0.15) is 0 Å². The quantitative estimate of drug-likeness (QED) is 0.899. The number of hydrogen-bond donors (Lipinski definition) is 1. The molecule has 0 atom stereocenters. The van der Waals surface area contributed by atoms with E-state index >= 15 is 0 Å². The third-order valence-electron chi connectivity index (χ3n) is 4.63. The van der Waals surface area contributed by atoms with Gasteiger partial charge in [-0.15, -0.1) is 0 Å². The molecule has 1 heterocycles. The van der Waals surface area contributed by atoms with Gasteiger partial charge < -0.3 is 20.1 Å². The number of amides is 1. The number of carbonyl (C=O) groups excluding carboxylic acids is 1. The van der Waals surface area contributed by atoms with Crippen molar-refractivity contribution < 1.29 is 14.3 Å². The molecule has 1 aliphatic carbocycles. The van der Waals surface area contributed by atoms with E-state index in [4.69, 9.17) is 15.2 Å². The summed E-state index contributed by atoms with van der Waals surface area (Å²) in [5, 5.41) is 0. The maximum atomic E-state index is 12.7. The average molecular weight is 290 g/mol. The molecule has 1 aliphatic heterocycles. The molecule has 1 aromatic rings. The van der Waals surface area contributed by atoms with Crippen LogP contribution in [0.25, 0.3) is 0 Å². The fourth-order valence-electron chi connectivity index (χ4n) is 3.03. The first-order valence-corrected chi connectivity index (χ1v) is 7.56. The van der Waals surface area contributed by atoms with Crippen molar-refractivity contribution in [3.05, 3.63) is 23.8 Å². The lowest BCUT2D eigenvalue weighted by molar-refractivity contribution is -0.147. The number of rotatable bonds is 5. The van der Waals surface area contributed by atoms with Crippen LogP contribution in [0.5, 0.6) is 11.5 Å². The van der Waals surface area contributed by atoms with Crippen LogP contribution in [0.15, 0.2) is 18.2 Å². The molecule has 1 aromatic carbocycles. The fourth-order valence-corrected chi connectivity index (χ4v) is 3.03. The Bertz CT molecular complexity index is 535. The van der Waals surface area contributed by atoms with Gasteiger partial charge in [0, 0.05) is 19.6 Å². The van der Waals surface area contributed by atoms with Gasteiger partial charge in [0.25, 0.3) is 0 Å². The van der Waals surface area contributed by atoms with Crippen molar-refractivity contribution in [2.24, 2.45) is 11.1 Å². The minimum absolute atomic E-state index is 0.191. The molecule has 0 radical (unpaired) electrons. The van der Waals surface area contributed by atoms with Gasteiger partial charge in [-0.25, -0.2) is 0 Å². The highest BCUT2D eigenvalue weighted by Gasteiger charge is 2.44. The first-order valence-electron chi connectivity index (χ1n) is 7.56. The van der Waals surface area contributed by atoms with Crippen molar-refractivity contribution in [2.45, 2.75) is 32.7 Å². The van der Waals surface area contributed by atoms with E-state index in [2.05, 4.69) is 0 Å². The monoisotopic (exact) mass is 290 g/mol. The zero-order valence-corrected chi connectivity index (χ0v) is 12.4. The minimum atomic E-state index is -0.313. The normalized spacial score (nSPS) is 18.2. The van der Waals surface area contributed by atoms with E-state index in [1.807, 2.05) is 30.0 Å². The van der Waals surface area contributed by atoms with Crippen LogP contribution in [0.2, 0.25) is 0 Å². The van der Waals surface area contributed by atoms with E-state index in [0.717, 1.165) is 36.3 Å². The van der Waals surface area contributed by atoms with E-state index in [1.54, 1.807) is 0 Å². The van der Waals surface area contributed by atoms with Crippen molar-refractivity contribution in [1.29, 1.82) is 0 Å².